The lowest BCUT2D eigenvalue weighted by Gasteiger charge is -2.04. The summed E-state index contributed by atoms with van der Waals surface area (Å²) in [5.74, 6) is -0.0299. The van der Waals surface area contributed by atoms with Crippen LogP contribution in [0.5, 0.6) is 0 Å². The lowest BCUT2D eigenvalue weighted by Crippen LogP contribution is -2.15. The fourth-order valence-corrected chi connectivity index (χ4v) is 2.80. The molecule has 4 aromatic rings. The van der Waals surface area contributed by atoms with Crippen molar-refractivity contribution in [3.8, 4) is 5.69 Å². The molecule has 1 aromatic carbocycles. The van der Waals surface area contributed by atoms with Crippen molar-refractivity contribution in [3.05, 3.63) is 68.3 Å². The SMILES string of the molecule is N=c1c2c(N)n(-c3ccc([N+](=O)[O-])cc3[N+](=O)[O-])nc2nc2ccccn12. The molecule has 27 heavy (non-hydrogen) atoms. The molecule has 3 N–H and O–H groups in total. The van der Waals surface area contributed by atoms with Gasteiger partial charge in [0.05, 0.1) is 15.9 Å². The standard InChI is InChI=1S/C15H10N8O4/c16-13-12-14(17)21(19-15(12)18-11-3-1-2-6-20(11)13)9-5-4-8(22(24)25)7-10(9)23(26)27/h1-7,16H,17H2. The third-order valence-corrected chi connectivity index (χ3v) is 4.03. The minimum Gasteiger partial charge on any atom is -0.383 e. The van der Waals surface area contributed by atoms with E-state index in [1.807, 2.05) is 0 Å². The van der Waals surface area contributed by atoms with Crippen molar-refractivity contribution in [2.75, 3.05) is 5.73 Å². The maximum absolute atomic E-state index is 11.4. The van der Waals surface area contributed by atoms with Crippen molar-refractivity contribution < 1.29 is 9.85 Å². The number of pyridine rings is 1. The number of nitrogens with zero attached hydrogens (tertiary/aromatic N) is 6. The molecule has 0 radical (unpaired) electrons. The highest BCUT2D eigenvalue weighted by atomic mass is 16.6. The number of aromatic nitrogens is 4. The Morgan fingerprint density at radius 3 is 2.59 bits per heavy atom. The van der Waals surface area contributed by atoms with Crippen LogP contribution in [-0.2, 0) is 0 Å². The summed E-state index contributed by atoms with van der Waals surface area (Å²) in [7, 11) is 0. The van der Waals surface area contributed by atoms with Crippen LogP contribution in [0.4, 0.5) is 17.2 Å². The van der Waals surface area contributed by atoms with Gasteiger partial charge in [-0.1, -0.05) is 6.07 Å². The van der Waals surface area contributed by atoms with Crippen molar-refractivity contribution in [2.24, 2.45) is 0 Å². The molecule has 12 heteroatoms. The first-order chi connectivity index (χ1) is 12.9. The predicted octanol–water partition coefficient (Wildman–Crippen LogP) is 1.55. The first kappa shape index (κ1) is 16.1. The number of nitro benzene ring substituents is 2. The molecular weight excluding hydrogens is 356 g/mol. The number of hydrogen-bond donors (Lipinski definition) is 2. The summed E-state index contributed by atoms with van der Waals surface area (Å²) in [5.41, 5.74) is 5.69. The molecule has 4 rings (SSSR count). The smallest absolute Gasteiger partial charge is 0.301 e. The van der Waals surface area contributed by atoms with Crippen LogP contribution in [0.3, 0.4) is 0 Å². The first-order valence-electron chi connectivity index (χ1n) is 7.52. The number of nitrogen functional groups attached to an aromatic ring is 1. The van der Waals surface area contributed by atoms with Gasteiger partial charge in [0.25, 0.3) is 5.69 Å². The van der Waals surface area contributed by atoms with E-state index in [4.69, 9.17) is 11.1 Å². The molecule has 12 nitrogen and oxygen atoms in total. The van der Waals surface area contributed by atoms with Gasteiger partial charge in [0.1, 0.15) is 28.0 Å². The number of fused-ring (bicyclic) bond motifs is 2. The highest BCUT2D eigenvalue weighted by Gasteiger charge is 2.24. The van der Waals surface area contributed by atoms with Crippen LogP contribution in [0.1, 0.15) is 0 Å². The molecule has 0 spiro atoms. The first-order valence-corrected chi connectivity index (χ1v) is 7.52. The summed E-state index contributed by atoms with van der Waals surface area (Å²) < 4.78 is 2.56. The van der Waals surface area contributed by atoms with E-state index in [1.54, 1.807) is 24.4 Å². The van der Waals surface area contributed by atoms with Crippen LogP contribution >= 0.6 is 0 Å². The molecule has 3 aromatic heterocycles. The number of anilines is 1. The number of non-ortho nitro benzene ring substituents is 1. The third kappa shape index (κ3) is 2.35. The monoisotopic (exact) mass is 366 g/mol. The number of nitrogens with two attached hydrogens (primary N) is 1. The zero-order chi connectivity index (χ0) is 19.3. The Morgan fingerprint density at radius 1 is 1.11 bits per heavy atom. The molecule has 3 heterocycles. The van der Waals surface area contributed by atoms with Crippen molar-refractivity contribution in [1.82, 2.24) is 19.2 Å². The van der Waals surface area contributed by atoms with E-state index < -0.39 is 21.2 Å². The van der Waals surface area contributed by atoms with E-state index in [9.17, 15) is 20.2 Å². The average Bonchev–Trinajstić information content (AvgIpc) is 2.97. The highest BCUT2D eigenvalue weighted by molar-refractivity contribution is 5.87. The molecule has 0 amide bonds. The maximum Gasteiger partial charge on any atom is 0.301 e. The third-order valence-electron chi connectivity index (χ3n) is 4.03. The molecular formula is C15H10N8O4. The zero-order valence-corrected chi connectivity index (χ0v) is 13.4. The molecule has 0 saturated heterocycles. The lowest BCUT2D eigenvalue weighted by molar-refractivity contribution is -0.394. The van der Waals surface area contributed by atoms with E-state index in [-0.39, 0.29) is 28.0 Å². The van der Waals surface area contributed by atoms with Crippen LogP contribution in [0.25, 0.3) is 22.4 Å². The molecule has 0 aliphatic carbocycles. The van der Waals surface area contributed by atoms with Gasteiger partial charge in [-0.3, -0.25) is 30.0 Å². The fraction of sp³-hybridized carbons (Fsp3) is 0. The Balaban J connectivity index is 2.06. The summed E-state index contributed by atoms with van der Waals surface area (Å²) in [4.78, 5) is 25.1. The largest absolute Gasteiger partial charge is 0.383 e. The van der Waals surface area contributed by atoms with Gasteiger partial charge in [0.2, 0.25) is 0 Å². The molecule has 0 unspecified atom stereocenters. The van der Waals surface area contributed by atoms with Gasteiger partial charge < -0.3 is 5.73 Å². The number of benzene rings is 1. The minimum atomic E-state index is -0.756. The predicted molar refractivity (Wildman–Crippen MR) is 93.4 cm³/mol. The van der Waals surface area contributed by atoms with Gasteiger partial charge in [-0.05, 0) is 18.2 Å². The maximum atomic E-state index is 11.4. The number of nitro groups is 2. The molecule has 0 fully saturated rings. The average molecular weight is 366 g/mol. The molecule has 134 valence electrons. The topological polar surface area (TPSA) is 171 Å². The number of hydrogen-bond acceptors (Lipinski definition) is 8. The van der Waals surface area contributed by atoms with Crippen LogP contribution in [0, 0.1) is 25.6 Å². The van der Waals surface area contributed by atoms with E-state index >= 15 is 0 Å². The van der Waals surface area contributed by atoms with E-state index in [0.29, 0.717) is 5.65 Å². The number of nitrogens with one attached hydrogen (secondary N) is 1. The Hall–Kier alpha value is -4.35. The Morgan fingerprint density at radius 2 is 1.89 bits per heavy atom. The van der Waals surface area contributed by atoms with Gasteiger partial charge in [0, 0.05) is 12.3 Å². The molecule has 0 atom stereocenters. The molecule has 0 bridgehead atoms. The molecule has 0 aliphatic rings. The van der Waals surface area contributed by atoms with Gasteiger partial charge in [-0.15, -0.1) is 5.10 Å². The van der Waals surface area contributed by atoms with Crippen molar-refractivity contribution in [3.63, 3.8) is 0 Å². The van der Waals surface area contributed by atoms with Crippen LogP contribution in [0.15, 0.2) is 42.6 Å². The van der Waals surface area contributed by atoms with Crippen LogP contribution < -0.4 is 11.2 Å². The van der Waals surface area contributed by atoms with E-state index in [0.717, 1.165) is 16.8 Å². The quantitative estimate of drug-likeness (QED) is 0.409. The van der Waals surface area contributed by atoms with Gasteiger partial charge in [-0.25, -0.2) is 9.67 Å². The minimum absolute atomic E-state index is 0.0175. The number of rotatable bonds is 3. The fourth-order valence-electron chi connectivity index (χ4n) is 2.80. The summed E-state index contributed by atoms with van der Waals surface area (Å²) in [6, 6.07) is 8.29. The van der Waals surface area contributed by atoms with E-state index in [1.165, 1.54) is 10.5 Å². The Kier molecular flexibility index (Phi) is 3.34. The van der Waals surface area contributed by atoms with Crippen molar-refractivity contribution in [1.29, 1.82) is 5.41 Å². The second-order valence-electron chi connectivity index (χ2n) is 5.57. The van der Waals surface area contributed by atoms with Gasteiger partial charge >= 0.3 is 5.69 Å². The Labute approximate surface area is 148 Å². The summed E-state index contributed by atoms with van der Waals surface area (Å²) >= 11 is 0. The van der Waals surface area contributed by atoms with Gasteiger partial charge in [0.15, 0.2) is 5.65 Å². The van der Waals surface area contributed by atoms with Crippen molar-refractivity contribution in [2.45, 2.75) is 0 Å². The van der Waals surface area contributed by atoms with E-state index in [2.05, 4.69) is 10.1 Å². The molecule has 0 aliphatic heterocycles. The second-order valence-corrected chi connectivity index (χ2v) is 5.57. The normalized spacial score (nSPS) is 11.1. The summed E-state index contributed by atoms with van der Waals surface area (Å²) in [6.07, 6.45) is 1.63. The zero-order valence-electron chi connectivity index (χ0n) is 13.4. The van der Waals surface area contributed by atoms with Crippen LogP contribution in [0.2, 0.25) is 0 Å². The second kappa shape index (κ2) is 5.59. The summed E-state index contributed by atoms with van der Waals surface area (Å²) in [5, 5.41) is 35.0. The highest BCUT2D eigenvalue weighted by Crippen LogP contribution is 2.30. The Bertz CT molecular complexity index is 1320. The lowest BCUT2D eigenvalue weighted by atomic mass is 10.2. The van der Waals surface area contributed by atoms with Crippen molar-refractivity contribution >= 4 is 33.9 Å². The molecule has 0 saturated carbocycles. The van der Waals surface area contributed by atoms with Gasteiger partial charge in [-0.2, -0.15) is 0 Å². The van der Waals surface area contributed by atoms with Crippen LogP contribution in [-0.4, -0.2) is 29.0 Å². The summed E-state index contributed by atoms with van der Waals surface area (Å²) in [6.45, 7) is 0.